The van der Waals surface area contributed by atoms with E-state index in [1.165, 1.54) is 4.88 Å². The molecule has 0 unspecified atom stereocenters. The maximum atomic E-state index is 5.74. The third-order valence-corrected chi connectivity index (χ3v) is 4.48. The number of thiophene rings is 1. The first kappa shape index (κ1) is 14.2. The largest absolute Gasteiger partial charge is 0.488 e. The number of hydrogen-bond donors (Lipinski definition) is 0. The molecule has 0 radical (unpaired) electrons. The van der Waals surface area contributed by atoms with Crippen LogP contribution in [-0.2, 0) is 6.61 Å². The van der Waals surface area contributed by atoms with Crippen molar-refractivity contribution in [3.8, 4) is 17.2 Å². The van der Waals surface area contributed by atoms with Crippen LogP contribution in [0.4, 0.5) is 0 Å². The summed E-state index contributed by atoms with van der Waals surface area (Å²) in [7, 11) is 0. The standard InChI is InChI=1S/C17H13BrO2S/c18-13-10-17(21-12-13)11-19-14-6-8-16(9-7-14)20-15-4-2-1-3-5-15/h1-10,12H,11H2. The SMILES string of the molecule is Brc1csc(COc2ccc(Oc3ccccc3)cc2)c1. The molecule has 0 saturated heterocycles. The van der Waals surface area contributed by atoms with Gasteiger partial charge in [-0.1, -0.05) is 18.2 Å². The van der Waals surface area contributed by atoms with Gasteiger partial charge >= 0.3 is 0 Å². The summed E-state index contributed by atoms with van der Waals surface area (Å²) in [6.07, 6.45) is 0. The number of para-hydroxylation sites is 1. The minimum atomic E-state index is 0.579. The van der Waals surface area contributed by atoms with Crippen LogP contribution in [0.1, 0.15) is 4.88 Å². The van der Waals surface area contributed by atoms with Gasteiger partial charge in [-0.3, -0.25) is 0 Å². The fourth-order valence-electron chi connectivity index (χ4n) is 1.81. The third-order valence-electron chi connectivity index (χ3n) is 2.81. The van der Waals surface area contributed by atoms with E-state index in [1.54, 1.807) is 11.3 Å². The topological polar surface area (TPSA) is 18.5 Å². The summed E-state index contributed by atoms with van der Waals surface area (Å²) in [6, 6.07) is 19.4. The molecule has 4 heteroatoms. The van der Waals surface area contributed by atoms with E-state index in [-0.39, 0.29) is 0 Å². The van der Waals surface area contributed by atoms with Gasteiger partial charge in [-0.05, 0) is 58.4 Å². The summed E-state index contributed by atoms with van der Waals surface area (Å²) in [6.45, 7) is 0.579. The van der Waals surface area contributed by atoms with Crippen molar-refractivity contribution in [3.05, 3.63) is 75.4 Å². The second-order valence-corrected chi connectivity index (χ2v) is 6.32. The van der Waals surface area contributed by atoms with E-state index >= 15 is 0 Å². The van der Waals surface area contributed by atoms with Gasteiger partial charge in [0.2, 0.25) is 0 Å². The number of halogens is 1. The van der Waals surface area contributed by atoms with E-state index in [0.29, 0.717) is 6.61 Å². The van der Waals surface area contributed by atoms with Gasteiger partial charge < -0.3 is 9.47 Å². The van der Waals surface area contributed by atoms with E-state index in [0.717, 1.165) is 21.7 Å². The number of rotatable bonds is 5. The molecule has 0 atom stereocenters. The molecule has 0 saturated carbocycles. The molecule has 1 aromatic heterocycles. The van der Waals surface area contributed by atoms with Crippen LogP contribution >= 0.6 is 27.3 Å². The molecular weight excluding hydrogens is 348 g/mol. The molecule has 21 heavy (non-hydrogen) atoms. The lowest BCUT2D eigenvalue weighted by Crippen LogP contribution is -1.92. The normalized spacial score (nSPS) is 10.3. The van der Waals surface area contributed by atoms with Crippen LogP contribution in [-0.4, -0.2) is 0 Å². The number of ether oxygens (including phenoxy) is 2. The third kappa shape index (κ3) is 4.09. The quantitative estimate of drug-likeness (QED) is 0.565. The average Bonchev–Trinajstić information content (AvgIpc) is 2.93. The molecule has 0 aliphatic carbocycles. The minimum absolute atomic E-state index is 0.579. The first-order valence-electron chi connectivity index (χ1n) is 6.48. The van der Waals surface area contributed by atoms with Gasteiger partial charge in [0.25, 0.3) is 0 Å². The van der Waals surface area contributed by atoms with E-state index in [9.17, 15) is 0 Å². The van der Waals surface area contributed by atoms with Crippen molar-refractivity contribution in [2.45, 2.75) is 6.61 Å². The van der Waals surface area contributed by atoms with Crippen molar-refractivity contribution in [2.24, 2.45) is 0 Å². The van der Waals surface area contributed by atoms with Gasteiger partial charge in [-0.25, -0.2) is 0 Å². The van der Waals surface area contributed by atoms with Crippen LogP contribution in [0.2, 0.25) is 0 Å². The van der Waals surface area contributed by atoms with Crippen LogP contribution in [0.15, 0.2) is 70.5 Å². The smallest absolute Gasteiger partial charge is 0.127 e. The lowest BCUT2D eigenvalue weighted by Gasteiger charge is -2.07. The molecule has 0 amide bonds. The van der Waals surface area contributed by atoms with Crippen molar-refractivity contribution in [2.75, 3.05) is 0 Å². The highest BCUT2D eigenvalue weighted by Gasteiger charge is 2.01. The van der Waals surface area contributed by atoms with E-state index < -0.39 is 0 Å². The fraction of sp³-hybridized carbons (Fsp3) is 0.0588. The fourth-order valence-corrected chi connectivity index (χ4v) is 3.17. The monoisotopic (exact) mass is 360 g/mol. The van der Waals surface area contributed by atoms with E-state index in [4.69, 9.17) is 9.47 Å². The highest BCUT2D eigenvalue weighted by Crippen LogP contribution is 2.25. The molecule has 3 aromatic rings. The number of benzene rings is 2. The molecule has 1 heterocycles. The summed E-state index contributed by atoms with van der Waals surface area (Å²) in [5, 5.41) is 2.05. The first-order valence-corrected chi connectivity index (χ1v) is 8.15. The van der Waals surface area contributed by atoms with Gasteiger partial charge in [-0.2, -0.15) is 0 Å². The summed E-state index contributed by atoms with van der Waals surface area (Å²) >= 11 is 5.11. The zero-order valence-corrected chi connectivity index (χ0v) is 13.6. The van der Waals surface area contributed by atoms with Crippen LogP contribution in [0, 0.1) is 0 Å². The summed E-state index contributed by atoms with van der Waals surface area (Å²) in [4.78, 5) is 1.19. The second-order valence-electron chi connectivity index (χ2n) is 4.41. The lowest BCUT2D eigenvalue weighted by molar-refractivity contribution is 0.309. The molecule has 0 spiro atoms. The number of hydrogen-bond acceptors (Lipinski definition) is 3. The van der Waals surface area contributed by atoms with Crippen LogP contribution < -0.4 is 9.47 Å². The Bertz CT molecular complexity index is 692. The van der Waals surface area contributed by atoms with Crippen molar-refractivity contribution in [3.63, 3.8) is 0 Å². The minimum Gasteiger partial charge on any atom is -0.488 e. The van der Waals surface area contributed by atoms with Crippen LogP contribution in [0.5, 0.6) is 17.2 Å². The summed E-state index contributed by atoms with van der Waals surface area (Å²) < 4.78 is 12.6. The second kappa shape index (κ2) is 6.78. The van der Waals surface area contributed by atoms with Gasteiger partial charge in [0.1, 0.15) is 23.9 Å². The lowest BCUT2D eigenvalue weighted by atomic mass is 10.3. The Morgan fingerprint density at radius 2 is 1.52 bits per heavy atom. The van der Waals surface area contributed by atoms with Crippen molar-refractivity contribution < 1.29 is 9.47 Å². The zero-order chi connectivity index (χ0) is 14.5. The predicted octanol–water partition coefficient (Wildman–Crippen LogP) is 5.88. The molecule has 0 N–H and O–H groups in total. The Kier molecular flexibility index (Phi) is 4.58. The Hall–Kier alpha value is -1.78. The molecule has 0 bridgehead atoms. The molecule has 2 aromatic carbocycles. The molecule has 0 fully saturated rings. The average molecular weight is 361 g/mol. The highest BCUT2D eigenvalue weighted by atomic mass is 79.9. The first-order chi connectivity index (χ1) is 10.3. The van der Waals surface area contributed by atoms with Crippen molar-refractivity contribution >= 4 is 27.3 Å². The molecule has 0 aliphatic heterocycles. The molecule has 2 nitrogen and oxygen atoms in total. The highest BCUT2D eigenvalue weighted by molar-refractivity contribution is 9.10. The van der Waals surface area contributed by atoms with Gasteiger partial charge in [0.05, 0.1) is 0 Å². The molecule has 0 aliphatic rings. The van der Waals surface area contributed by atoms with Crippen LogP contribution in [0.25, 0.3) is 0 Å². The predicted molar refractivity (Wildman–Crippen MR) is 89.3 cm³/mol. The van der Waals surface area contributed by atoms with Gasteiger partial charge in [0.15, 0.2) is 0 Å². The molecular formula is C17H13BrO2S. The Balaban J connectivity index is 1.59. The summed E-state index contributed by atoms with van der Waals surface area (Å²) in [5.41, 5.74) is 0. The summed E-state index contributed by atoms with van der Waals surface area (Å²) in [5.74, 6) is 2.46. The maximum absolute atomic E-state index is 5.74. The van der Waals surface area contributed by atoms with Gasteiger partial charge in [0, 0.05) is 14.7 Å². The van der Waals surface area contributed by atoms with E-state index in [2.05, 4.69) is 27.4 Å². The zero-order valence-electron chi connectivity index (χ0n) is 11.2. The Labute approximate surface area is 136 Å². The van der Waals surface area contributed by atoms with E-state index in [1.807, 2.05) is 54.6 Å². The van der Waals surface area contributed by atoms with Gasteiger partial charge in [-0.15, -0.1) is 11.3 Å². The molecule has 106 valence electrons. The van der Waals surface area contributed by atoms with Crippen molar-refractivity contribution in [1.82, 2.24) is 0 Å². The molecule has 3 rings (SSSR count). The van der Waals surface area contributed by atoms with Crippen LogP contribution in [0.3, 0.4) is 0 Å². The maximum Gasteiger partial charge on any atom is 0.127 e. The Morgan fingerprint density at radius 3 is 2.19 bits per heavy atom. The van der Waals surface area contributed by atoms with Crippen molar-refractivity contribution in [1.29, 1.82) is 0 Å². The Morgan fingerprint density at radius 1 is 0.857 bits per heavy atom.